The lowest BCUT2D eigenvalue weighted by Crippen LogP contribution is -2.38. The molecule has 0 unspecified atom stereocenters. The summed E-state index contributed by atoms with van der Waals surface area (Å²) in [6, 6.07) is 11.9. The molecule has 1 amide bonds. The van der Waals surface area contributed by atoms with Crippen molar-refractivity contribution in [3.05, 3.63) is 64.2 Å². The van der Waals surface area contributed by atoms with Crippen LogP contribution in [0.4, 0.5) is 0 Å². The average molecular weight is 366 g/mol. The summed E-state index contributed by atoms with van der Waals surface area (Å²) in [5.74, 6) is -0.0352. The minimum absolute atomic E-state index is 0.0352. The Kier molecular flexibility index (Phi) is 5.17. The van der Waals surface area contributed by atoms with Crippen molar-refractivity contribution in [2.45, 2.75) is 40.8 Å². The first-order valence-electron chi connectivity index (χ1n) is 9.15. The van der Waals surface area contributed by atoms with Crippen molar-refractivity contribution in [2.24, 2.45) is 5.41 Å². The normalized spacial score (nSPS) is 11.7. The number of carbonyl (C=O) groups is 1. The Labute approximate surface area is 158 Å². The van der Waals surface area contributed by atoms with E-state index in [-0.39, 0.29) is 11.6 Å². The first-order chi connectivity index (χ1) is 12.8. The zero-order valence-corrected chi connectivity index (χ0v) is 16.3. The highest BCUT2D eigenvalue weighted by molar-refractivity contribution is 5.81. The Morgan fingerprint density at radius 3 is 2.63 bits per heavy atom. The predicted octanol–water partition coefficient (Wildman–Crippen LogP) is 2.72. The number of pyridine rings is 1. The summed E-state index contributed by atoms with van der Waals surface area (Å²) in [7, 11) is 0. The number of amides is 1. The van der Waals surface area contributed by atoms with Crippen LogP contribution in [-0.2, 0) is 17.9 Å². The van der Waals surface area contributed by atoms with Gasteiger partial charge in [0.15, 0.2) is 5.65 Å². The molecule has 142 valence electrons. The molecule has 0 saturated carbocycles. The molecule has 0 aliphatic carbocycles. The second kappa shape index (κ2) is 7.39. The summed E-state index contributed by atoms with van der Waals surface area (Å²) in [5, 5.41) is 2.89. The van der Waals surface area contributed by atoms with Crippen molar-refractivity contribution in [2.75, 3.05) is 6.54 Å². The fourth-order valence-corrected chi connectivity index (χ4v) is 3.04. The molecule has 0 radical (unpaired) electrons. The van der Waals surface area contributed by atoms with Crippen molar-refractivity contribution in [1.29, 1.82) is 0 Å². The number of rotatable bonds is 5. The monoisotopic (exact) mass is 366 g/mol. The van der Waals surface area contributed by atoms with Gasteiger partial charge in [0, 0.05) is 24.7 Å². The number of aryl methyl sites for hydroxylation is 1. The zero-order chi connectivity index (χ0) is 19.6. The van der Waals surface area contributed by atoms with Gasteiger partial charge in [-0.15, -0.1) is 0 Å². The smallest absolute Gasteiger partial charge is 0.330 e. The van der Waals surface area contributed by atoms with Gasteiger partial charge >= 0.3 is 5.69 Å². The minimum Gasteiger partial charge on any atom is -0.354 e. The number of aromatic nitrogens is 3. The first-order valence-corrected chi connectivity index (χ1v) is 9.15. The molecule has 2 aromatic heterocycles. The second-order valence-corrected chi connectivity index (χ2v) is 7.86. The van der Waals surface area contributed by atoms with Crippen LogP contribution in [0.1, 0.15) is 31.9 Å². The van der Waals surface area contributed by atoms with Crippen molar-refractivity contribution < 1.29 is 4.79 Å². The zero-order valence-electron chi connectivity index (χ0n) is 16.3. The van der Waals surface area contributed by atoms with Gasteiger partial charge in [-0.25, -0.2) is 9.78 Å². The fraction of sp³-hybridized carbons (Fsp3) is 0.381. The van der Waals surface area contributed by atoms with Crippen molar-refractivity contribution >= 4 is 17.1 Å². The van der Waals surface area contributed by atoms with Crippen LogP contribution >= 0.6 is 0 Å². The van der Waals surface area contributed by atoms with Gasteiger partial charge in [0.05, 0.1) is 12.1 Å². The van der Waals surface area contributed by atoms with Gasteiger partial charge in [-0.2, -0.15) is 0 Å². The molecular formula is C21H26N4O2. The van der Waals surface area contributed by atoms with E-state index < -0.39 is 5.41 Å². The Balaban J connectivity index is 1.89. The molecular weight excluding hydrogens is 340 g/mol. The van der Waals surface area contributed by atoms with Crippen LogP contribution in [0.5, 0.6) is 0 Å². The van der Waals surface area contributed by atoms with E-state index >= 15 is 0 Å². The molecule has 6 heteroatoms. The summed E-state index contributed by atoms with van der Waals surface area (Å²) in [6.45, 7) is 8.89. The maximum absolute atomic E-state index is 13.0. The van der Waals surface area contributed by atoms with Crippen molar-refractivity contribution in [3.63, 3.8) is 0 Å². The number of fused-ring (bicyclic) bond motifs is 1. The van der Waals surface area contributed by atoms with Gasteiger partial charge in [-0.3, -0.25) is 13.9 Å². The largest absolute Gasteiger partial charge is 0.354 e. The number of imidazole rings is 1. The lowest BCUT2D eigenvalue weighted by molar-refractivity contribution is -0.128. The van der Waals surface area contributed by atoms with E-state index in [2.05, 4.69) is 16.4 Å². The predicted molar refractivity (Wildman–Crippen MR) is 107 cm³/mol. The van der Waals surface area contributed by atoms with Crippen LogP contribution in [0, 0.1) is 12.3 Å². The van der Waals surface area contributed by atoms with Gasteiger partial charge in [0.2, 0.25) is 5.91 Å². The quantitative estimate of drug-likeness (QED) is 0.755. The number of hydrogen-bond acceptors (Lipinski definition) is 3. The molecule has 0 aliphatic heterocycles. The van der Waals surface area contributed by atoms with Gasteiger partial charge in [-0.1, -0.05) is 50.6 Å². The maximum Gasteiger partial charge on any atom is 0.330 e. The highest BCUT2D eigenvalue weighted by Crippen LogP contribution is 2.14. The molecule has 0 saturated heterocycles. The SMILES string of the molecule is Cc1cccc(Cn2c(=O)n(CCNC(=O)C(C)(C)C)c3ncccc32)c1. The Morgan fingerprint density at radius 2 is 1.93 bits per heavy atom. The Hall–Kier alpha value is -2.89. The van der Waals surface area contributed by atoms with Gasteiger partial charge in [0.1, 0.15) is 0 Å². The Morgan fingerprint density at radius 1 is 1.15 bits per heavy atom. The molecule has 6 nitrogen and oxygen atoms in total. The van der Waals surface area contributed by atoms with E-state index in [1.165, 1.54) is 0 Å². The lowest BCUT2D eigenvalue weighted by atomic mass is 9.96. The van der Waals surface area contributed by atoms with Crippen molar-refractivity contribution in [3.8, 4) is 0 Å². The van der Waals surface area contributed by atoms with Crippen LogP contribution in [0.25, 0.3) is 11.2 Å². The summed E-state index contributed by atoms with van der Waals surface area (Å²) in [6.07, 6.45) is 1.68. The first kappa shape index (κ1) is 18.9. The maximum atomic E-state index is 13.0. The van der Waals surface area contributed by atoms with Crippen LogP contribution in [-0.4, -0.2) is 26.6 Å². The average Bonchev–Trinajstić information content (AvgIpc) is 2.87. The van der Waals surface area contributed by atoms with Gasteiger partial charge < -0.3 is 5.32 Å². The van der Waals surface area contributed by atoms with Crippen LogP contribution in [0.15, 0.2) is 47.4 Å². The second-order valence-electron chi connectivity index (χ2n) is 7.86. The summed E-state index contributed by atoms with van der Waals surface area (Å²) >= 11 is 0. The molecule has 0 aliphatic rings. The molecule has 27 heavy (non-hydrogen) atoms. The third kappa shape index (κ3) is 4.10. The molecule has 1 N–H and O–H groups in total. The molecule has 0 atom stereocenters. The number of benzene rings is 1. The highest BCUT2D eigenvalue weighted by atomic mass is 16.2. The van der Waals surface area contributed by atoms with Crippen LogP contribution < -0.4 is 11.0 Å². The lowest BCUT2D eigenvalue weighted by Gasteiger charge is -2.17. The van der Waals surface area contributed by atoms with E-state index in [0.29, 0.717) is 25.3 Å². The van der Waals surface area contributed by atoms with Gasteiger partial charge in [0.25, 0.3) is 0 Å². The number of nitrogens with one attached hydrogen (secondary N) is 1. The van der Waals surface area contributed by atoms with E-state index in [1.54, 1.807) is 15.3 Å². The van der Waals surface area contributed by atoms with E-state index in [1.807, 2.05) is 58.0 Å². The molecule has 3 rings (SSSR count). The Bertz CT molecular complexity index is 1020. The van der Waals surface area contributed by atoms with Gasteiger partial charge in [-0.05, 0) is 24.6 Å². The highest BCUT2D eigenvalue weighted by Gasteiger charge is 2.21. The molecule has 2 heterocycles. The molecule has 3 aromatic rings. The third-order valence-corrected chi connectivity index (χ3v) is 4.50. The topological polar surface area (TPSA) is 68.9 Å². The van der Waals surface area contributed by atoms with Crippen LogP contribution in [0.2, 0.25) is 0 Å². The third-order valence-electron chi connectivity index (χ3n) is 4.50. The van der Waals surface area contributed by atoms with E-state index in [4.69, 9.17) is 0 Å². The number of hydrogen-bond donors (Lipinski definition) is 1. The van der Waals surface area contributed by atoms with Crippen molar-refractivity contribution in [1.82, 2.24) is 19.4 Å². The molecule has 0 fully saturated rings. The van der Waals surface area contributed by atoms with E-state index in [9.17, 15) is 9.59 Å². The number of carbonyl (C=O) groups excluding carboxylic acids is 1. The molecule has 1 aromatic carbocycles. The minimum atomic E-state index is -0.456. The fourth-order valence-electron chi connectivity index (χ4n) is 3.04. The molecule has 0 spiro atoms. The standard InChI is InChI=1S/C21H26N4O2/c1-15-7-5-8-16(13-15)14-25-17-9-6-10-22-18(17)24(20(25)27)12-11-23-19(26)21(2,3)4/h5-10,13H,11-12,14H2,1-4H3,(H,23,26). The number of nitrogens with zero attached hydrogens (tertiary/aromatic N) is 3. The summed E-state index contributed by atoms with van der Waals surface area (Å²) in [5.41, 5.74) is 3.09. The summed E-state index contributed by atoms with van der Waals surface area (Å²) in [4.78, 5) is 29.5. The van der Waals surface area contributed by atoms with E-state index in [0.717, 1.165) is 16.6 Å². The van der Waals surface area contributed by atoms with Crippen LogP contribution in [0.3, 0.4) is 0 Å². The summed E-state index contributed by atoms with van der Waals surface area (Å²) < 4.78 is 3.37. The molecule has 0 bridgehead atoms.